The fourth-order valence-electron chi connectivity index (χ4n) is 5.56. The average Bonchev–Trinajstić information content (AvgIpc) is 3.04. The first kappa shape index (κ1) is 16.7. The Labute approximate surface area is 140 Å². The number of hydrogen-bond donors (Lipinski definition) is 0. The number of nitrogens with zero attached hydrogens (tertiary/aromatic N) is 3. The van der Waals surface area contributed by atoms with Crippen LogP contribution in [0.5, 0.6) is 0 Å². The topological polar surface area (TPSA) is 43.9 Å². The molecular formula is C18H31N3O2. The van der Waals surface area contributed by atoms with Gasteiger partial charge in [0.1, 0.15) is 0 Å². The van der Waals surface area contributed by atoms with E-state index in [1.807, 2.05) is 19.0 Å². The summed E-state index contributed by atoms with van der Waals surface area (Å²) in [5.74, 6) is 0.971. The first-order chi connectivity index (χ1) is 10.8. The van der Waals surface area contributed by atoms with Crippen molar-refractivity contribution < 1.29 is 9.59 Å². The predicted octanol–water partition coefficient (Wildman–Crippen LogP) is 1.44. The van der Waals surface area contributed by atoms with Gasteiger partial charge in [-0.15, -0.1) is 0 Å². The van der Waals surface area contributed by atoms with E-state index >= 15 is 0 Å². The second-order valence-corrected chi connectivity index (χ2v) is 8.10. The van der Waals surface area contributed by atoms with E-state index in [4.69, 9.17) is 0 Å². The number of carbonyl (C=O) groups is 2. The number of piperidine rings is 1. The van der Waals surface area contributed by atoms with Crippen molar-refractivity contribution in [3.05, 3.63) is 0 Å². The van der Waals surface area contributed by atoms with Gasteiger partial charge in [-0.1, -0.05) is 6.92 Å². The number of likely N-dealkylation sites (tertiary alicyclic amines) is 2. The summed E-state index contributed by atoms with van der Waals surface area (Å²) in [4.78, 5) is 30.9. The van der Waals surface area contributed by atoms with E-state index in [1.165, 1.54) is 0 Å². The molecular weight excluding hydrogens is 290 g/mol. The van der Waals surface area contributed by atoms with E-state index in [1.54, 1.807) is 11.8 Å². The summed E-state index contributed by atoms with van der Waals surface area (Å²) in [6.45, 7) is 8.59. The largest absolute Gasteiger partial charge is 0.348 e. The van der Waals surface area contributed by atoms with Crippen molar-refractivity contribution in [3.63, 3.8) is 0 Å². The second kappa shape index (κ2) is 5.76. The van der Waals surface area contributed by atoms with Crippen LogP contribution in [0.15, 0.2) is 0 Å². The van der Waals surface area contributed by atoms with Crippen LogP contribution in [0.25, 0.3) is 0 Å². The monoisotopic (exact) mass is 321 g/mol. The van der Waals surface area contributed by atoms with Gasteiger partial charge >= 0.3 is 0 Å². The molecule has 1 spiro atoms. The Hall–Kier alpha value is -1.10. The first-order valence-electron chi connectivity index (χ1n) is 9.04. The van der Waals surface area contributed by atoms with Crippen molar-refractivity contribution in [3.8, 4) is 0 Å². The van der Waals surface area contributed by atoms with E-state index in [0.29, 0.717) is 11.8 Å². The number of rotatable bonds is 2. The molecule has 2 amide bonds. The number of carbonyl (C=O) groups excluding carboxylic acids is 2. The second-order valence-electron chi connectivity index (χ2n) is 8.10. The van der Waals surface area contributed by atoms with Crippen LogP contribution in [0.1, 0.15) is 39.5 Å². The van der Waals surface area contributed by atoms with Gasteiger partial charge in [-0.3, -0.25) is 9.59 Å². The van der Waals surface area contributed by atoms with Gasteiger partial charge in [0.05, 0.1) is 5.41 Å². The summed E-state index contributed by atoms with van der Waals surface area (Å²) in [7, 11) is 3.79. The molecule has 2 atom stereocenters. The third-order valence-corrected chi connectivity index (χ3v) is 6.91. The lowest BCUT2D eigenvalue weighted by Crippen LogP contribution is -2.49. The van der Waals surface area contributed by atoms with Gasteiger partial charge in [0, 0.05) is 47.2 Å². The summed E-state index contributed by atoms with van der Waals surface area (Å²) < 4.78 is 0. The Morgan fingerprint density at radius 1 is 1.13 bits per heavy atom. The van der Waals surface area contributed by atoms with Crippen LogP contribution < -0.4 is 0 Å². The normalized spacial score (nSPS) is 33.0. The highest BCUT2D eigenvalue weighted by molar-refractivity contribution is 5.84. The van der Waals surface area contributed by atoms with Gasteiger partial charge in [-0.25, -0.2) is 0 Å². The molecule has 0 radical (unpaired) electrons. The van der Waals surface area contributed by atoms with Crippen LogP contribution in [-0.2, 0) is 9.59 Å². The molecule has 1 saturated carbocycles. The maximum atomic E-state index is 13.0. The molecule has 23 heavy (non-hydrogen) atoms. The standard InChI is InChI=1S/C18H31N3O2/c1-5-20-12-15-17(8-10-21(11-9-17)14(2)22)6-7-18(15,13-20)16(23)19(3)4/h15H,5-13H2,1-4H3/t15-,18+/m0/s1. The fraction of sp³-hybridized carbons (Fsp3) is 0.889. The zero-order chi connectivity index (χ0) is 16.8. The van der Waals surface area contributed by atoms with Crippen molar-refractivity contribution in [2.75, 3.05) is 46.8 Å². The molecule has 0 N–H and O–H groups in total. The highest BCUT2D eigenvalue weighted by atomic mass is 16.2. The van der Waals surface area contributed by atoms with E-state index < -0.39 is 0 Å². The average molecular weight is 321 g/mol. The van der Waals surface area contributed by atoms with Crippen LogP contribution in [0.4, 0.5) is 0 Å². The van der Waals surface area contributed by atoms with Gasteiger partial charge in [0.2, 0.25) is 11.8 Å². The molecule has 1 aliphatic carbocycles. The SMILES string of the molecule is CCN1C[C@H]2C3(CCN(C(C)=O)CC3)CC[C@@]2(C(=O)N(C)C)C1. The van der Waals surface area contributed by atoms with E-state index in [9.17, 15) is 9.59 Å². The highest BCUT2D eigenvalue weighted by Gasteiger charge is 2.64. The zero-order valence-corrected chi connectivity index (χ0v) is 15.1. The number of fused-ring (bicyclic) bond motifs is 2. The van der Waals surface area contributed by atoms with Crippen LogP contribution >= 0.6 is 0 Å². The molecule has 3 fully saturated rings. The Morgan fingerprint density at radius 3 is 2.30 bits per heavy atom. The molecule has 0 unspecified atom stereocenters. The van der Waals surface area contributed by atoms with Gasteiger partial charge < -0.3 is 14.7 Å². The molecule has 5 heteroatoms. The minimum atomic E-state index is -0.183. The van der Waals surface area contributed by atoms with Gasteiger partial charge in [0.25, 0.3) is 0 Å². The minimum absolute atomic E-state index is 0.183. The first-order valence-corrected chi connectivity index (χ1v) is 9.04. The quantitative estimate of drug-likeness (QED) is 0.773. The maximum Gasteiger partial charge on any atom is 0.229 e. The predicted molar refractivity (Wildman–Crippen MR) is 89.9 cm³/mol. The molecule has 5 nitrogen and oxygen atoms in total. The van der Waals surface area contributed by atoms with Crippen molar-refractivity contribution in [1.82, 2.24) is 14.7 Å². The Kier molecular flexibility index (Phi) is 4.20. The van der Waals surface area contributed by atoms with Crippen molar-refractivity contribution in [1.29, 1.82) is 0 Å². The van der Waals surface area contributed by atoms with Gasteiger partial charge in [-0.05, 0) is 43.6 Å². The summed E-state index contributed by atoms with van der Waals surface area (Å²) in [6, 6.07) is 0. The fourth-order valence-corrected chi connectivity index (χ4v) is 5.56. The molecule has 0 aromatic heterocycles. The summed E-state index contributed by atoms with van der Waals surface area (Å²) in [6.07, 6.45) is 4.31. The highest BCUT2D eigenvalue weighted by Crippen LogP contribution is 2.62. The molecule has 2 aliphatic heterocycles. The van der Waals surface area contributed by atoms with Crippen LogP contribution in [-0.4, -0.2) is 73.3 Å². The van der Waals surface area contributed by atoms with Crippen molar-refractivity contribution >= 4 is 11.8 Å². The maximum absolute atomic E-state index is 13.0. The van der Waals surface area contributed by atoms with Crippen LogP contribution in [0.3, 0.4) is 0 Å². The zero-order valence-electron chi connectivity index (χ0n) is 15.1. The van der Waals surface area contributed by atoms with Crippen molar-refractivity contribution in [2.45, 2.75) is 39.5 Å². The van der Waals surface area contributed by atoms with E-state index in [0.717, 1.165) is 58.4 Å². The number of amides is 2. The lowest BCUT2D eigenvalue weighted by Gasteiger charge is -2.44. The van der Waals surface area contributed by atoms with Gasteiger partial charge in [-0.2, -0.15) is 0 Å². The molecule has 3 aliphatic rings. The Balaban J connectivity index is 1.86. The third-order valence-electron chi connectivity index (χ3n) is 6.91. The molecule has 2 heterocycles. The Bertz CT molecular complexity index is 496. The minimum Gasteiger partial charge on any atom is -0.348 e. The molecule has 2 saturated heterocycles. The lowest BCUT2D eigenvalue weighted by molar-refractivity contribution is -0.142. The lowest BCUT2D eigenvalue weighted by atomic mass is 9.65. The smallest absolute Gasteiger partial charge is 0.229 e. The molecule has 0 aromatic carbocycles. The van der Waals surface area contributed by atoms with Crippen LogP contribution in [0, 0.1) is 16.7 Å². The molecule has 0 bridgehead atoms. The molecule has 130 valence electrons. The molecule has 0 aromatic rings. The van der Waals surface area contributed by atoms with E-state index in [-0.39, 0.29) is 16.7 Å². The van der Waals surface area contributed by atoms with Crippen LogP contribution in [0.2, 0.25) is 0 Å². The number of hydrogen-bond acceptors (Lipinski definition) is 3. The third kappa shape index (κ3) is 2.48. The van der Waals surface area contributed by atoms with Crippen molar-refractivity contribution in [2.24, 2.45) is 16.7 Å². The Morgan fingerprint density at radius 2 is 1.78 bits per heavy atom. The van der Waals surface area contributed by atoms with E-state index in [2.05, 4.69) is 11.8 Å². The summed E-state index contributed by atoms with van der Waals surface area (Å²) in [5, 5.41) is 0. The molecule has 3 rings (SSSR count). The van der Waals surface area contributed by atoms with Gasteiger partial charge in [0.15, 0.2) is 0 Å². The summed E-state index contributed by atoms with van der Waals surface area (Å²) >= 11 is 0. The summed E-state index contributed by atoms with van der Waals surface area (Å²) in [5.41, 5.74) is 0.0828.